The SMILES string of the molecule is COC(=O)C(CN1CCCCc2ccccc21)NC(C)C. The molecule has 0 radical (unpaired) electrons. The van der Waals surface area contributed by atoms with E-state index < -0.39 is 0 Å². The van der Waals surface area contributed by atoms with E-state index in [9.17, 15) is 4.79 Å². The highest BCUT2D eigenvalue weighted by Gasteiger charge is 2.25. The molecule has 116 valence electrons. The first-order valence-corrected chi connectivity index (χ1v) is 7.78. The fraction of sp³-hybridized carbons (Fsp3) is 0.588. The molecule has 0 spiro atoms. The molecule has 0 fully saturated rings. The number of methoxy groups -OCH3 is 1. The van der Waals surface area contributed by atoms with Gasteiger partial charge in [0.25, 0.3) is 0 Å². The number of rotatable bonds is 5. The number of carbonyl (C=O) groups is 1. The zero-order valence-corrected chi connectivity index (χ0v) is 13.3. The van der Waals surface area contributed by atoms with Crippen molar-refractivity contribution in [3.8, 4) is 0 Å². The Hall–Kier alpha value is -1.55. The number of nitrogens with one attached hydrogen (secondary N) is 1. The number of fused-ring (bicyclic) bond motifs is 1. The summed E-state index contributed by atoms with van der Waals surface area (Å²) >= 11 is 0. The lowest BCUT2D eigenvalue weighted by molar-refractivity contribution is -0.143. The van der Waals surface area contributed by atoms with Gasteiger partial charge in [-0.1, -0.05) is 32.0 Å². The molecule has 0 saturated carbocycles. The molecule has 1 aromatic carbocycles. The van der Waals surface area contributed by atoms with E-state index in [4.69, 9.17) is 4.74 Å². The van der Waals surface area contributed by atoms with Crippen molar-refractivity contribution >= 4 is 11.7 Å². The molecule has 1 aromatic rings. The Morgan fingerprint density at radius 3 is 2.81 bits per heavy atom. The van der Waals surface area contributed by atoms with Gasteiger partial charge < -0.3 is 15.0 Å². The Balaban J connectivity index is 2.17. The van der Waals surface area contributed by atoms with Gasteiger partial charge in [0.2, 0.25) is 0 Å². The smallest absolute Gasteiger partial charge is 0.324 e. The molecule has 1 N–H and O–H groups in total. The third-order valence-corrected chi connectivity index (χ3v) is 3.88. The van der Waals surface area contributed by atoms with Crippen LogP contribution in [-0.4, -0.2) is 38.3 Å². The number of nitrogens with zero attached hydrogens (tertiary/aromatic N) is 1. The number of esters is 1. The van der Waals surface area contributed by atoms with Gasteiger partial charge in [0.05, 0.1) is 7.11 Å². The van der Waals surface area contributed by atoms with Crippen molar-refractivity contribution in [1.82, 2.24) is 5.32 Å². The molecule has 1 unspecified atom stereocenters. The van der Waals surface area contributed by atoms with Gasteiger partial charge in [0.1, 0.15) is 6.04 Å². The van der Waals surface area contributed by atoms with E-state index in [0.717, 1.165) is 19.4 Å². The number of para-hydroxylation sites is 1. The summed E-state index contributed by atoms with van der Waals surface area (Å²) in [6.45, 7) is 5.74. The Bertz CT molecular complexity index is 474. The van der Waals surface area contributed by atoms with Crippen LogP contribution in [0.4, 0.5) is 5.69 Å². The number of hydrogen-bond acceptors (Lipinski definition) is 4. The van der Waals surface area contributed by atoms with Gasteiger partial charge in [-0.05, 0) is 30.9 Å². The van der Waals surface area contributed by atoms with Gasteiger partial charge in [0.15, 0.2) is 0 Å². The number of hydrogen-bond donors (Lipinski definition) is 1. The van der Waals surface area contributed by atoms with Crippen molar-refractivity contribution in [1.29, 1.82) is 0 Å². The Morgan fingerprint density at radius 1 is 1.33 bits per heavy atom. The van der Waals surface area contributed by atoms with Gasteiger partial charge in [-0.25, -0.2) is 0 Å². The highest BCUT2D eigenvalue weighted by atomic mass is 16.5. The molecule has 0 bridgehead atoms. The summed E-state index contributed by atoms with van der Waals surface area (Å²) in [5.41, 5.74) is 2.64. The molecule has 1 aliphatic rings. The average molecular weight is 290 g/mol. The molecule has 1 heterocycles. The maximum atomic E-state index is 12.0. The molecule has 0 aromatic heterocycles. The third-order valence-electron chi connectivity index (χ3n) is 3.88. The van der Waals surface area contributed by atoms with E-state index >= 15 is 0 Å². The van der Waals surface area contributed by atoms with E-state index in [1.807, 2.05) is 13.8 Å². The topological polar surface area (TPSA) is 41.6 Å². The van der Waals surface area contributed by atoms with Crippen molar-refractivity contribution in [3.05, 3.63) is 29.8 Å². The van der Waals surface area contributed by atoms with Crippen LogP contribution in [-0.2, 0) is 16.0 Å². The lowest BCUT2D eigenvalue weighted by atomic mass is 10.1. The summed E-state index contributed by atoms with van der Waals surface area (Å²) in [7, 11) is 1.45. The highest BCUT2D eigenvalue weighted by Crippen LogP contribution is 2.26. The van der Waals surface area contributed by atoms with Crippen LogP contribution in [0, 0.1) is 0 Å². The molecule has 1 aliphatic heterocycles. The van der Waals surface area contributed by atoms with E-state index in [1.165, 1.54) is 24.8 Å². The molecule has 0 amide bonds. The molecular formula is C17H26N2O2. The largest absolute Gasteiger partial charge is 0.468 e. The first-order chi connectivity index (χ1) is 10.1. The predicted octanol–water partition coefficient (Wildman–Crippen LogP) is 2.37. The highest BCUT2D eigenvalue weighted by molar-refractivity contribution is 5.76. The van der Waals surface area contributed by atoms with Crippen molar-refractivity contribution < 1.29 is 9.53 Å². The molecule has 0 aliphatic carbocycles. The van der Waals surface area contributed by atoms with Crippen molar-refractivity contribution in [3.63, 3.8) is 0 Å². The number of anilines is 1. The first kappa shape index (κ1) is 15.8. The minimum Gasteiger partial charge on any atom is -0.468 e. The lowest BCUT2D eigenvalue weighted by Crippen LogP contribution is -2.49. The van der Waals surface area contributed by atoms with Gasteiger partial charge >= 0.3 is 5.97 Å². The molecule has 1 atom stereocenters. The van der Waals surface area contributed by atoms with Crippen LogP contribution in [0.25, 0.3) is 0 Å². The molecule has 0 saturated heterocycles. The Labute approximate surface area is 127 Å². The van der Waals surface area contributed by atoms with Crippen LogP contribution < -0.4 is 10.2 Å². The maximum absolute atomic E-state index is 12.0. The zero-order valence-electron chi connectivity index (χ0n) is 13.3. The zero-order chi connectivity index (χ0) is 15.2. The minimum absolute atomic E-state index is 0.189. The molecule has 4 heteroatoms. The summed E-state index contributed by atoms with van der Waals surface area (Å²) in [4.78, 5) is 14.3. The summed E-state index contributed by atoms with van der Waals surface area (Å²) in [6, 6.07) is 8.46. The first-order valence-electron chi connectivity index (χ1n) is 7.78. The summed E-state index contributed by atoms with van der Waals surface area (Å²) < 4.78 is 4.95. The second-order valence-electron chi connectivity index (χ2n) is 5.93. The Kier molecular flexibility index (Phi) is 5.62. The fourth-order valence-electron chi connectivity index (χ4n) is 2.92. The van der Waals surface area contributed by atoms with Crippen LogP contribution in [0.1, 0.15) is 32.3 Å². The maximum Gasteiger partial charge on any atom is 0.324 e. The summed E-state index contributed by atoms with van der Waals surface area (Å²) in [6.07, 6.45) is 3.48. The van der Waals surface area contributed by atoms with Gasteiger partial charge in [-0.15, -0.1) is 0 Å². The second kappa shape index (κ2) is 7.46. The monoisotopic (exact) mass is 290 g/mol. The quantitative estimate of drug-likeness (QED) is 0.845. The second-order valence-corrected chi connectivity index (χ2v) is 5.93. The van der Waals surface area contributed by atoms with Crippen LogP contribution in [0.15, 0.2) is 24.3 Å². The van der Waals surface area contributed by atoms with E-state index in [2.05, 4.69) is 34.5 Å². The van der Waals surface area contributed by atoms with Crippen LogP contribution in [0.3, 0.4) is 0 Å². The number of carbonyl (C=O) groups excluding carboxylic acids is 1. The molecule has 2 rings (SSSR count). The summed E-state index contributed by atoms with van der Waals surface area (Å²) in [5, 5.41) is 3.31. The molecule has 21 heavy (non-hydrogen) atoms. The number of benzene rings is 1. The minimum atomic E-state index is -0.291. The standard InChI is InChI=1S/C17H26N2O2/c1-13(2)18-15(17(20)21-3)12-19-11-7-6-9-14-8-4-5-10-16(14)19/h4-5,8,10,13,15,18H,6-7,9,11-12H2,1-3H3. The van der Waals surface area contributed by atoms with Gasteiger partial charge in [0, 0.05) is 24.8 Å². The van der Waals surface area contributed by atoms with Crippen molar-refractivity contribution in [2.45, 2.75) is 45.2 Å². The number of ether oxygens (including phenoxy) is 1. The van der Waals surface area contributed by atoms with E-state index in [0.29, 0.717) is 6.54 Å². The van der Waals surface area contributed by atoms with Crippen molar-refractivity contribution in [2.24, 2.45) is 0 Å². The average Bonchev–Trinajstić information content (AvgIpc) is 2.68. The van der Waals surface area contributed by atoms with Crippen LogP contribution >= 0.6 is 0 Å². The van der Waals surface area contributed by atoms with Crippen LogP contribution in [0.2, 0.25) is 0 Å². The van der Waals surface area contributed by atoms with E-state index in [-0.39, 0.29) is 18.1 Å². The van der Waals surface area contributed by atoms with Gasteiger partial charge in [-0.2, -0.15) is 0 Å². The molecular weight excluding hydrogens is 264 g/mol. The third kappa shape index (κ3) is 4.21. The fourth-order valence-corrected chi connectivity index (χ4v) is 2.92. The Morgan fingerprint density at radius 2 is 2.10 bits per heavy atom. The van der Waals surface area contributed by atoms with E-state index in [1.54, 1.807) is 0 Å². The van der Waals surface area contributed by atoms with Crippen LogP contribution in [0.5, 0.6) is 0 Å². The van der Waals surface area contributed by atoms with Crippen molar-refractivity contribution in [2.75, 3.05) is 25.1 Å². The molecule has 4 nitrogen and oxygen atoms in total. The summed E-state index contributed by atoms with van der Waals surface area (Å²) in [5.74, 6) is -0.189. The van der Waals surface area contributed by atoms with Gasteiger partial charge in [-0.3, -0.25) is 4.79 Å². The number of aryl methyl sites for hydroxylation is 1. The normalized spacial score (nSPS) is 16.3. The lowest BCUT2D eigenvalue weighted by Gasteiger charge is -2.29. The predicted molar refractivity (Wildman–Crippen MR) is 85.7 cm³/mol.